The minimum Gasteiger partial charge on any atom is -0.373 e. The lowest BCUT2D eigenvalue weighted by Gasteiger charge is -2.25. The molecule has 0 spiro atoms. The number of carbonyl (C=O) groups excluding carboxylic acids is 1. The number of nitrogens with one attached hydrogen (secondary N) is 2. The van der Waals surface area contributed by atoms with E-state index >= 15 is 0 Å². The number of carbonyl (C=O) groups is 1. The van der Waals surface area contributed by atoms with Crippen LogP contribution in [0, 0.1) is 5.41 Å². The Labute approximate surface area is 132 Å². The molecule has 0 saturated heterocycles. The van der Waals surface area contributed by atoms with Crippen molar-refractivity contribution in [3.8, 4) is 0 Å². The van der Waals surface area contributed by atoms with Crippen molar-refractivity contribution in [1.29, 1.82) is 0 Å². The van der Waals surface area contributed by atoms with Crippen LogP contribution in [-0.4, -0.2) is 24.5 Å². The van der Waals surface area contributed by atoms with Crippen LogP contribution in [0.3, 0.4) is 0 Å². The molecule has 0 atom stereocenters. The number of halogens is 1. The molecule has 21 heavy (non-hydrogen) atoms. The summed E-state index contributed by atoms with van der Waals surface area (Å²) >= 11 is 6.05. The zero-order chi connectivity index (χ0) is 15.9. The summed E-state index contributed by atoms with van der Waals surface area (Å²) in [6.45, 7) is 7.15. The second kappa shape index (κ2) is 8.23. The number of aromatic nitrogens is 1. The summed E-state index contributed by atoms with van der Waals surface area (Å²) in [6, 6.07) is 3.43. The summed E-state index contributed by atoms with van der Waals surface area (Å²) in [6.07, 6.45) is 4.72. The maximum atomic E-state index is 12.2. The normalized spacial score (nSPS) is 11.3. The number of pyridine rings is 1. The lowest BCUT2D eigenvalue weighted by molar-refractivity contribution is 0.0929. The summed E-state index contributed by atoms with van der Waals surface area (Å²) in [5.74, 6) is 0.410. The van der Waals surface area contributed by atoms with Gasteiger partial charge in [0.25, 0.3) is 5.91 Å². The summed E-state index contributed by atoms with van der Waals surface area (Å²) in [7, 11) is 1.76. The standard InChI is InChI=1S/C16H26ClN3O/c1-5-6-7-10-16(2,3)11-19-15(21)14-12(17)8-9-13(18-4)20-14/h8-9H,5-7,10-11H2,1-4H3,(H,18,20)(H,19,21). The molecule has 5 heteroatoms. The molecule has 2 N–H and O–H groups in total. The maximum absolute atomic E-state index is 12.2. The minimum absolute atomic E-state index is 0.0813. The Balaban J connectivity index is 2.61. The Kier molecular flexibility index (Phi) is 6.96. The Hall–Kier alpha value is -1.29. The number of hydrogen-bond donors (Lipinski definition) is 2. The summed E-state index contributed by atoms with van der Waals surface area (Å²) < 4.78 is 0. The van der Waals surface area contributed by atoms with Gasteiger partial charge in [-0.25, -0.2) is 4.98 Å². The molecule has 1 aromatic rings. The van der Waals surface area contributed by atoms with E-state index in [1.807, 2.05) is 0 Å². The van der Waals surface area contributed by atoms with Crippen molar-refractivity contribution in [3.63, 3.8) is 0 Å². The van der Waals surface area contributed by atoms with Crippen molar-refractivity contribution in [2.75, 3.05) is 18.9 Å². The fourth-order valence-corrected chi connectivity index (χ4v) is 2.28. The highest BCUT2D eigenvalue weighted by molar-refractivity contribution is 6.33. The van der Waals surface area contributed by atoms with E-state index in [1.165, 1.54) is 19.3 Å². The van der Waals surface area contributed by atoms with Crippen LogP contribution in [0.15, 0.2) is 12.1 Å². The Morgan fingerprint density at radius 3 is 2.67 bits per heavy atom. The molecule has 4 nitrogen and oxygen atoms in total. The van der Waals surface area contributed by atoms with E-state index in [0.717, 1.165) is 6.42 Å². The molecule has 1 rings (SSSR count). The van der Waals surface area contributed by atoms with Gasteiger partial charge in [0.2, 0.25) is 0 Å². The smallest absolute Gasteiger partial charge is 0.271 e. The van der Waals surface area contributed by atoms with Gasteiger partial charge in [-0.15, -0.1) is 0 Å². The predicted octanol–water partition coefficient (Wildman–Crippen LogP) is 4.11. The van der Waals surface area contributed by atoms with Crippen molar-refractivity contribution in [2.24, 2.45) is 5.41 Å². The predicted molar refractivity (Wildman–Crippen MR) is 89.0 cm³/mol. The average molecular weight is 312 g/mol. The third-order valence-electron chi connectivity index (χ3n) is 3.50. The first-order chi connectivity index (χ1) is 9.89. The van der Waals surface area contributed by atoms with Gasteiger partial charge in [-0.05, 0) is 24.0 Å². The van der Waals surface area contributed by atoms with Gasteiger partial charge in [-0.2, -0.15) is 0 Å². The van der Waals surface area contributed by atoms with Crippen LogP contribution >= 0.6 is 11.6 Å². The molecule has 118 valence electrons. The number of amides is 1. The van der Waals surface area contributed by atoms with E-state index in [4.69, 9.17) is 11.6 Å². The van der Waals surface area contributed by atoms with E-state index in [-0.39, 0.29) is 17.0 Å². The van der Waals surface area contributed by atoms with Crippen LogP contribution in [-0.2, 0) is 0 Å². The lowest BCUT2D eigenvalue weighted by atomic mass is 9.87. The molecule has 1 amide bonds. The first-order valence-electron chi connectivity index (χ1n) is 7.52. The van der Waals surface area contributed by atoms with Crippen molar-refractivity contribution in [2.45, 2.75) is 46.5 Å². The summed E-state index contributed by atoms with van der Waals surface area (Å²) in [5.41, 5.74) is 0.352. The van der Waals surface area contributed by atoms with E-state index < -0.39 is 0 Å². The molecule has 0 saturated carbocycles. The van der Waals surface area contributed by atoms with Crippen LogP contribution in [0.2, 0.25) is 5.02 Å². The van der Waals surface area contributed by atoms with Crippen LogP contribution < -0.4 is 10.6 Å². The third kappa shape index (κ3) is 5.92. The molecule has 1 aromatic heterocycles. The quantitative estimate of drug-likeness (QED) is 0.710. The SMILES string of the molecule is CCCCCC(C)(C)CNC(=O)c1nc(NC)ccc1Cl. The van der Waals surface area contributed by atoms with E-state index in [1.54, 1.807) is 19.2 Å². The van der Waals surface area contributed by atoms with Gasteiger partial charge in [0.15, 0.2) is 0 Å². The molecule has 0 fully saturated rings. The van der Waals surface area contributed by atoms with Gasteiger partial charge in [0.1, 0.15) is 11.5 Å². The fraction of sp³-hybridized carbons (Fsp3) is 0.625. The largest absolute Gasteiger partial charge is 0.373 e. The van der Waals surface area contributed by atoms with Gasteiger partial charge < -0.3 is 10.6 Å². The summed E-state index contributed by atoms with van der Waals surface area (Å²) in [5, 5.41) is 6.22. The van der Waals surface area contributed by atoms with Crippen molar-refractivity contribution in [3.05, 3.63) is 22.8 Å². The monoisotopic (exact) mass is 311 g/mol. The molecule has 0 radical (unpaired) electrons. The molecular weight excluding hydrogens is 286 g/mol. The lowest BCUT2D eigenvalue weighted by Crippen LogP contribution is -2.34. The molecule has 0 aliphatic carbocycles. The highest BCUT2D eigenvalue weighted by Crippen LogP contribution is 2.23. The second-order valence-corrected chi connectivity index (χ2v) is 6.49. The van der Waals surface area contributed by atoms with Gasteiger partial charge in [0.05, 0.1) is 5.02 Å². The van der Waals surface area contributed by atoms with Crippen molar-refractivity contribution >= 4 is 23.3 Å². The van der Waals surface area contributed by atoms with Gasteiger partial charge >= 0.3 is 0 Å². The highest BCUT2D eigenvalue weighted by atomic mass is 35.5. The van der Waals surface area contributed by atoms with Crippen molar-refractivity contribution in [1.82, 2.24) is 10.3 Å². The number of unbranched alkanes of at least 4 members (excludes halogenated alkanes) is 2. The number of hydrogen-bond acceptors (Lipinski definition) is 3. The number of rotatable bonds is 8. The zero-order valence-corrected chi connectivity index (χ0v) is 14.2. The van der Waals surface area contributed by atoms with Gasteiger partial charge in [-0.3, -0.25) is 4.79 Å². The van der Waals surface area contributed by atoms with Gasteiger partial charge in [-0.1, -0.05) is 51.6 Å². The van der Waals surface area contributed by atoms with E-state index in [2.05, 4.69) is 36.4 Å². The molecule has 0 bridgehead atoms. The van der Waals surface area contributed by atoms with Gasteiger partial charge in [0, 0.05) is 13.6 Å². The zero-order valence-electron chi connectivity index (χ0n) is 13.4. The first kappa shape index (κ1) is 17.8. The number of anilines is 1. The van der Waals surface area contributed by atoms with E-state index in [9.17, 15) is 4.79 Å². The minimum atomic E-state index is -0.222. The summed E-state index contributed by atoms with van der Waals surface area (Å²) in [4.78, 5) is 16.4. The van der Waals surface area contributed by atoms with Crippen LogP contribution in [0.25, 0.3) is 0 Å². The Morgan fingerprint density at radius 1 is 1.33 bits per heavy atom. The van der Waals surface area contributed by atoms with Crippen LogP contribution in [0.4, 0.5) is 5.82 Å². The van der Waals surface area contributed by atoms with E-state index in [0.29, 0.717) is 17.4 Å². The molecule has 1 heterocycles. The highest BCUT2D eigenvalue weighted by Gasteiger charge is 2.20. The van der Waals surface area contributed by atoms with Crippen molar-refractivity contribution < 1.29 is 4.79 Å². The third-order valence-corrected chi connectivity index (χ3v) is 3.81. The van der Waals surface area contributed by atoms with Crippen LogP contribution in [0.5, 0.6) is 0 Å². The molecule has 0 unspecified atom stereocenters. The number of nitrogens with zero attached hydrogens (tertiary/aromatic N) is 1. The Bertz CT molecular complexity index is 475. The topological polar surface area (TPSA) is 54.0 Å². The van der Waals surface area contributed by atoms with Crippen LogP contribution in [0.1, 0.15) is 56.9 Å². The Morgan fingerprint density at radius 2 is 2.05 bits per heavy atom. The second-order valence-electron chi connectivity index (χ2n) is 6.08. The molecule has 0 aliphatic heterocycles. The first-order valence-corrected chi connectivity index (χ1v) is 7.90. The molecule has 0 aromatic carbocycles. The fourth-order valence-electron chi connectivity index (χ4n) is 2.09. The molecular formula is C16H26ClN3O. The maximum Gasteiger partial charge on any atom is 0.271 e. The average Bonchev–Trinajstić information content (AvgIpc) is 2.45. The molecule has 0 aliphatic rings.